The molecule has 0 aliphatic rings. The van der Waals surface area contributed by atoms with Gasteiger partial charge in [-0.2, -0.15) is 11.8 Å². The van der Waals surface area contributed by atoms with Crippen LogP contribution in [0.3, 0.4) is 0 Å². The van der Waals surface area contributed by atoms with E-state index >= 15 is 0 Å². The molecule has 0 aliphatic heterocycles. The molecule has 1 aromatic rings. The molecular weight excluding hydrogens is 409 g/mol. The van der Waals surface area contributed by atoms with E-state index in [0.717, 1.165) is 41.9 Å². The van der Waals surface area contributed by atoms with Crippen LogP contribution in [0.5, 0.6) is 5.75 Å². The third-order valence-corrected chi connectivity index (χ3v) is 3.68. The number of nitrogens with one attached hydrogen (secondary N) is 2. The number of guanidine groups is 1. The van der Waals surface area contributed by atoms with Gasteiger partial charge in [-0.1, -0.05) is 24.3 Å². The third kappa shape index (κ3) is 8.53. The maximum atomic E-state index is 5.34. The summed E-state index contributed by atoms with van der Waals surface area (Å²) < 4.78 is 5.34. The Balaban J connectivity index is 0.00000441. The van der Waals surface area contributed by atoms with E-state index in [0.29, 0.717) is 6.54 Å². The zero-order chi connectivity index (χ0) is 15.3. The number of aliphatic imine (C=N–C) groups is 1. The number of para-hydroxylation sites is 1. The molecule has 0 radical (unpaired) electrons. The van der Waals surface area contributed by atoms with Crippen LogP contribution in [0.1, 0.15) is 12.5 Å². The van der Waals surface area contributed by atoms with Crippen LogP contribution in [0.2, 0.25) is 0 Å². The van der Waals surface area contributed by atoms with Gasteiger partial charge < -0.3 is 15.4 Å². The molecule has 2 N–H and O–H groups in total. The van der Waals surface area contributed by atoms with E-state index in [-0.39, 0.29) is 24.0 Å². The van der Waals surface area contributed by atoms with E-state index in [9.17, 15) is 0 Å². The highest BCUT2D eigenvalue weighted by molar-refractivity contribution is 14.0. The molecule has 0 heterocycles. The molecule has 22 heavy (non-hydrogen) atoms. The minimum Gasteiger partial charge on any atom is -0.496 e. The number of hydrogen-bond acceptors (Lipinski definition) is 3. The Morgan fingerprint density at radius 3 is 2.82 bits per heavy atom. The summed E-state index contributed by atoms with van der Waals surface area (Å²) in [6.07, 6.45) is 1.92. The fourth-order valence-corrected chi connectivity index (χ4v) is 2.33. The Morgan fingerprint density at radius 1 is 1.36 bits per heavy atom. The van der Waals surface area contributed by atoms with Crippen molar-refractivity contribution in [2.24, 2.45) is 4.99 Å². The maximum absolute atomic E-state index is 5.34. The molecule has 4 nitrogen and oxygen atoms in total. The Labute approximate surface area is 155 Å². The average molecular weight is 435 g/mol. The van der Waals surface area contributed by atoms with Gasteiger partial charge >= 0.3 is 0 Å². The van der Waals surface area contributed by atoms with Crippen molar-refractivity contribution in [2.75, 3.05) is 31.7 Å². The van der Waals surface area contributed by atoms with Gasteiger partial charge in [0.15, 0.2) is 5.96 Å². The molecule has 6 heteroatoms. The Kier molecular flexibility index (Phi) is 13.2. The molecule has 0 fully saturated rings. The lowest BCUT2D eigenvalue weighted by Crippen LogP contribution is -2.38. The van der Waals surface area contributed by atoms with Gasteiger partial charge in [-0.25, -0.2) is 4.99 Å². The molecule has 0 saturated carbocycles. The van der Waals surface area contributed by atoms with Gasteiger partial charge in [0.05, 0.1) is 13.7 Å². The van der Waals surface area contributed by atoms with Gasteiger partial charge in [0.2, 0.25) is 0 Å². The van der Waals surface area contributed by atoms with E-state index in [4.69, 9.17) is 4.74 Å². The third-order valence-electron chi connectivity index (χ3n) is 2.72. The lowest BCUT2D eigenvalue weighted by atomic mass is 10.2. The zero-order valence-electron chi connectivity index (χ0n) is 13.3. The maximum Gasteiger partial charge on any atom is 0.191 e. The number of halogens is 1. The number of thioether (sulfide) groups is 1. The molecule has 0 atom stereocenters. The summed E-state index contributed by atoms with van der Waals surface area (Å²) in [6.45, 7) is 8.10. The second kappa shape index (κ2) is 13.8. The SMILES string of the molecule is C=CCSCCNC(=NCc1ccccc1OC)NCC.I. The largest absolute Gasteiger partial charge is 0.496 e. The fourth-order valence-electron chi connectivity index (χ4n) is 1.75. The van der Waals surface area contributed by atoms with Crippen LogP contribution in [0, 0.1) is 0 Å². The highest BCUT2D eigenvalue weighted by Gasteiger charge is 2.02. The fraction of sp³-hybridized carbons (Fsp3) is 0.438. The second-order valence-electron chi connectivity index (χ2n) is 4.30. The second-order valence-corrected chi connectivity index (χ2v) is 5.45. The molecule has 1 rings (SSSR count). The van der Waals surface area contributed by atoms with Crippen LogP contribution < -0.4 is 15.4 Å². The summed E-state index contributed by atoms with van der Waals surface area (Å²) in [4.78, 5) is 4.60. The van der Waals surface area contributed by atoms with Crippen LogP contribution in [-0.2, 0) is 6.54 Å². The monoisotopic (exact) mass is 435 g/mol. The summed E-state index contributed by atoms with van der Waals surface area (Å²) in [5.74, 6) is 3.73. The standard InChI is InChI=1S/C16H25N3OS.HI/c1-4-11-21-12-10-18-16(17-5-2)19-13-14-8-6-7-9-15(14)20-3;/h4,6-9H,1,5,10-13H2,2-3H3,(H2,17,18,19);1H. The van der Waals surface area contributed by atoms with Crippen LogP contribution in [0.25, 0.3) is 0 Å². The molecule has 0 bridgehead atoms. The topological polar surface area (TPSA) is 45.7 Å². The van der Waals surface area contributed by atoms with E-state index in [1.165, 1.54) is 0 Å². The number of nitrogens with zero attached hydrogens (tertiary/aromatic N) is 1. The molecule has 1 aromatic carbocycles. The lowest BCUT2D eigenvalue weighted by Gasteiger charge is -2.11. The smallest absolute Gasteiger partial charge is 0.191 e. The van der Waals surface area contributed by atoms with E-state index in [2.05, 4.69) is 29.1 Å². The Hall–Kier alpha value is -0.890. The zero-order valence-corrected chi connectivity index (χ0v) is 16.4. The van der Waals surface area contributed by atoms with E-state index in [1.54, 1.807) is 7.11 Å². The molecule has 124 valence electrons. The number of ether oxygens (including phenoxy) is 1. The number of rotatable bonds is 9. The van der Waals surface area contributed by atoms with Crippen LogP contribution in [0.15, 0.2) is 41.9 Å². The van der Waals surface area contributed by atoms with Gasteiger partial charge in [-0.3, -0.25) is 0 Å². The van der Waals surface area contributed by atoms with E-state index < -0.39 is 0 Å². The van der Waals surface area contributed by atoms with Gasteiger partial charge in [0.25, 0.3) is 0 Å². The first-order valence-corrected chi connectivity index (χ1v) is 8.30. The highest BCUT2D eigenvalue weighted by atomic mass is 127. The number of hydrogen-bond donors (Lipinski definition) is 2. The number of benzene rings is 1. The van der Waals surface area contributed by atoms with Crippen LogP contribution >= 0.6 is 35.7 Å². The minimum atomic E-state index is 0. The molecular formula is C16H26IN3OS. The van der Waals surface area contributed by atoms with Gasteiger partial charge in [-0.15, -0.1) is 30.6 Å². The summed E-state index contributed by atoms with van der Waals surface area (Å²) >= 11 is 1.85. The first kappa shape index (κ1) is 21.1. The first-order chi connectivity index (χ1) is 10.3. The summed E-state index contributed by atoms with van der Waals surface area (Å²) in [7, 11) is 1.68. The lowest BCUT2D eigenvalue weighted by molar-refractivity contribution is 0.410. The van der Waals surface area contributed by atoms with Crippen LogP contribution in [0.4, 0.5) is 0 Å². The van der Waals surface area contributed by atoms with Crippen molar-refractivity contribution in [3.05, 3.63) is 42.5 Å². The summed E-state index contributed by atoms with van der Waals surface area (Å²) in [5, 5.41) is 6.58. The molecule has 0 unspecified atom stereocenters. The van der Waals surface area contributed by atoms with Crippen molar-refractivity contribution < 1.29 is 4.74 Å². The molecule has 0 saturated heterocycles. The summed E-state index contributed by atoms with van der Waals surface area (Å²) in [5.41, 5.74) is 1.08. The quantitative estimate of drug-likeness (QED) is 0.206. The van der Waals surface area contributed by atoms with Crippen molar-refractivity contribution in [3.8, 4) is 5.75 Å². The first-order valence-electron chi connectivity index (χ1n) is 7.14. The van der Waals surface area contributed by atoms with Gasteiger partial charge in [0, 0.05) is 30.2 Å². The van der Waals surface area contributed by atoms with Crippen molar-refractivity contribution >= 4 is 41.7 Å². The van der Waals surface area contributed by atoms with Gasteiger partial charge in [-0.05, 0) is 13.0 Å². The molecule has 0 amide bonds. The van der Waals surface area contributed by atoms with E-state index in [1.807, 2.05) is 42.1 Å². The normalized spacial score (nSPS) is 10.5. The predicted molar refractivity (Wildman–Crippen MR) is 109 cm³/mol. The molecule has 0 aliphatic carbocycles. The minimum absolute atomic E-state index is 0. The average Bonchev–Trinajstić information content (AvgIpc) is 2.52. The van der Waals surface area contributed by atoms with Crippen molar-refractivity contribution in [2.45, 2.75) is 13.5 Å². The Bertz CT molecular complexity index is 455. The van der Waals surface area contributed by atoms with Crippen molar-refractivity contribution in [1.29, 1.82) is 0 Å². The highest BCUT2D eigenvalue weighted by Crippen LogP contribution is 2.17. The molecule has 0 aromatic heterocycles. The van der Waals surface area contributed by atoms with Crippen molar-refractivity contribution in [1.82, 2.24) is 10.6 Å². The Morgan fingerprint density at radius 2 is 2.14 bits per heavy atom. The predicted octanol–water partition coefficient (Wildman–Crippen LogP) is 3.29. The number of methoxy groups -OCH3 is 1. The van der Waals surface area contributed by atoms with Crippen LogP contribution in [-0.4, -0.2) is 37.7 Å². The van der Waals surface area contributed by atoms with Crippen molar-refractivity contribution in [3.63, 3.8) is 0 Å². The summed E-state index contributed by atoms with van der Waals surface area (Å²) in [6, 6.07) is 7.95. The van der Waals surface area contributed by atoms with Gasteiger partial charge in [0.1, 0.15) is 5.75 Å². The molecule has 0 spiro atoms.